The Morgan fingerprint density at radius 3 is 2.73 bits per heavy atom. The minimum Gasteiger partial charge on any atom is -0.462 e. The number of aromatic nitrogens is 2. The van der Waals surface area contributed by atoms with Crippen molar-refractivity contribution >= 4 is 23.3 Å². The molecule has 7 heteroatoms. The summed E-state index contributed by atoms with van der Waals surface area (Å²) in [5.41, 5.74) is 6.49. The van der Waals surface area contributed by atoms with Crippen LogP contribution in [-0.4, -0.2) is 22.8 Å². The van der Waals surface area contributed by atoms with Crippen molar-refractivity contribution in [2.45, 2.75) is 19.3 Å². The molecule has 0 radical (unpaired) electrons. The van der Waals surface area contributed by atoms with Gasteiger partial charge in [-0.1, -0.05) is 29.8 Å². The molecule has 0 fully saturated rings. The number of esters is 1. The molecule has 0 bridgehead atoms. The minimum absolute atomic E-state index is 0.0412. The molecule has 0 saturated heterocycles. The summed E-state index contributed by atoms with van der Waals surface area (Å²) in [5.74, 6) is -0.342. The lowest BCUT2D eigenvalue weighted by Crippen LogP contribution is -2.14. The Bertz CT molecular complexity index is 701. The van der Waals surface area contributed by atoms with Crippen LogP contribution < -0.4 is 11.3 Å². The summed E-state index contributed by atoms with van der Waals surface area (Å²) in [4.78, 5) is 22.9. The Morgan fingerprint density at radius 1 is 1.27 bits per heavy atom. The Morgan fingerprint density at radius 2 is 2.00 bits per heavy atom. The summed E-state index contributed by atoms with van der Waals surface area (Å²) >= 11 is 5.75. The van der Waals surface area contributed by atoms with Gasteiger partial charge in [0, 0.05) is 0 Å². The zero-order valence-corrected chi connectivity index (χ0v) is 12.6. The van der Waals surface area contributed by atoms with Crippen LogP contribution in [0.15, 0.2) is 35.1 Å². The van der Waals surface area contributed by atoms with E-state index in [-0.39, 0.29) is 16.7 Å². The molecule has 1 aromatic carbocycles. The highest BCUT2D eigenvalue weighted by Gasteiger charge is 2.09. The van der Waals surface area contributed by atoms with Crippen molar-refractivity contribution in [2.24, 2.45) is 0 Å². The Balaban J connectivity index is 1.75. The number of nitrogen functional groups attached to an aromatic ring is 1. The van der Waals surface area contributed by atoms with Crippen LogP contribution in [0.2, 0.25) is 5.02 Å². The second-order valence-corrected chi connectivity index (χ2v) is 5.06. The molecule has 2 rings (SSSR count). The van der Waals surface area contributed by atoms with E-state index < -0.39 is 5.56 Å². The van der Waals surface area contributed by atoms with Crippen molar-refractivity contribution in [3.8, 4) is 0 Å². The number of anilines is 1. The standard InChI is InChI=1S/C15H16ClN3O3/c16-12-13(17)11(18-19-14(12)20)8-4-5-9-22-15(21)10-6-2-1-3-7-10/h1-3,6-7H,4-5,8-9H2,(H3,17,19,20). The van der Waals surface area contributed by atoms with Gasteiger partial charge in [0.05, 0.1) is 23.6 Å². The summed E-state index contributed by atoms with van der Waals surface area (Å²) in [6, 6.07) is 8.81. The number of nitrogens with one attached hydrogen (secondary N) is 1. The number of carbonyl (C=O) groups excluding carboxylic acids is 1. The van der Waals surface area contributed by atoms with E-state index >= 15 is 0 Å². The van der Waals surface area contributed by atoms with Gasteiger partial charge in [-0.2, -0.15) is 5.10 Å². The van der Waals surface area contributed by atoms with E-state index in [1.807, 2.05) is 6.07 Å². The molecule has 0 spiro atoms. The van der Waals surface area contributed by atoms with E-state index in [0.717, 1.165) is 0 Å². The summed E-state index contributed by atoms with van der Waals surface area (Å²) in [6.07, 6.45) is 1.92. The number of halogens is 1. The van der Waals surface area contributed by atoms with E-state index in [9.17, 15) is 9.59 Å². The number of H-pyrrole nitrogens is 1. The highest BCUT2D eigenvalue weighted by Crippen LogP contribution is 2.17. The highest BCUT2D eigenvalue weighted by molar-refractivity contribution is 6.32. The number of nitrogens with zero attached hydrogens (tertiary/aromatic N) is 1. The van der Waals surface area contributed by atoms with E-state index in [1.54, 1.807) is 24.3 Å². The summed E-state index contributed by atoms with van der Waals surface area (Å²) in [5, 5.41) is 6.11. The molecule has 0 unspecified atom stereocenters. The number of hydrogen-bond acceptors (Lipinski definition) is 5. The lowest BCUT2D eigenvalue weighted by Gasteiger charge is -2.06. The van der Waals surface area contributed by atoms with Gasteiger partial charge in [-0.3, -0.25) is 4.79 Å². The maximum Gasteiger partial charge on any atom is 0.338 e. The van der Waals surface area contributed by atoms with Crippen molar-refractivity contribution in [1.82, 2.24) is 10.2 Å². The first-order chi connectivity index (χ1) is 10.6. The van der Waals surface area contributed by atoms with Crippen LogP contribution in [0, 0.1) is 0 Å². The molecule has 3 N–H and O–H groups in total. The maximum absolute atomic E-state index is 11.7. The summed E-state index contributed by atoms with van der Waals surface area (Å²) in [6.45, 7) is 0.310. The van der Waals surface area contributed by atoms with Crippen LogP contribution in [0.4, 0.5) is 5.69 Å². The van der Waals surface area contributed by atoms with E-state index in [1.165, 1.54) is 0 Å². The number of rotatable bonds is 6. The van der Waals surface area contributed by atoms with Crippen molar-refractivity contribution < 1.29 is 9.53 Å². The van der Waals surface area contributed by atoms with Gasteiger partial charge in [0.25, 0.3) is 5.56 Å². The molecule has 2 aromatic rings. The number of aryl methyl sites for hydroxylation is 1. The van der Waals surface area contributed by atoms with Crippen LogP contribution >= 0.6 is 11.6 Å². The predicted octanol–water partition coefficient (Wildman–Crippen LogP) is 2.19. The van der Waals surface area contributed by atoms with Gasteiger partial charge in [-0.05, 0) is 31.4 Å². The van der Waals surface area contributed by atoms with Crippen molar-refractivity contribution in [3.05, 3.63) is 57.0 Å². The lowest BCUT2D eigenvalue weighted by atomic mass is 10.1. The summed E-state index contributed by atoms with van der Waals surface area (Å²) in [7, 11) is 0. The van der Waals surface area contributed by atoms with Gasteiger partial charge in [-0.15, -0.1) is 0 Å². The lowest BCUT2D eigenvalue weighted by molar-refractivity contribution is 0.0498. The molecule has 116 valence electrons. The third-order valence-corrected chi connectivity index (χ3v) is 3.46. The van der Waals surface area contributed by atoms with Crippen LogP contribution in [-0.2, 0) is 11.2 Å². The average molecular weight is 322 g/mol. The topological polar surface area (TPSA) is 98.1 Å². The fourth-order valence-corrected chi connectivity index (χ4v) is 2.04. The Hall–Kier alpha value is -2.34. The van der Waals surface area contributed by atoms with Gasteiger partial charge < -0.3 is 10.5 Å². The smallest absolute Gasteiger partial charge is 0.338 e. The second kappa shape index (κ2) is 7.61. The first-order valence-electron chi connectivity index (χ1n) is 6.84. The van der Waals surface area contributed by atoms with E-state index in [4.69, 9.17) is 22.1 Å². The number of hydrogen-bond donors (Lipinski definition) is 2. The molecule has 1 heterocycles. The predicted molar refractivity (Wildman–Crippen MR) is 83.9 cm³/mol. The van der Waals surface area contributed by atoms with Gasteiger partial charge in [0.2, 0.25) is 0 Å². The van der Waals surface area contributed by atoms with Crippen LogP contribution in [0.1, 0.15) is 28.9 Å². The first-order valence-corrected chi connectivity index (χ1v) is 7.22. The Kier molecular flexibility index (Phi) is 5.55. The third-order valence-electron chi connectivity index (χ3n) is 3.09. The fourth-order valence-electron chi connectivity index (χ4n) is 1.88. The van der Waals surface area contributed by atoms with Gasteiger partial charge >= 0.3 is 5.97 Å². The maximum atomic E-state index is 11.7. The molecule has 0 aliphatic rings. The molecular weight excluding hydrogens is 306 g/mol. The van der Waals surface area contributed by atoms with Crippen LogP contribution in [0.25, 0.3) is 0 Å². The Labute approximate surface area is 132 Å². The molecule has 0 aliphatic heterocycles. The largest absolute Gasteiger partial charge is 0.462 e. The van der Waals surface area contributed by atoms with Gasteiger partial charge in [0.1, 0.15) is 5.02 Å². The monoisotopic (exact) mass is 321 g/mol. The normalized spacial score (nSPS) is 10.4. The molecule has 0 amide bonds. The zero-order chi connectivity index (χ0) is 15.9. The van der Waals surface area contributed by atoms with Crippen LogP contribution in [0.5, 0.6) is 0 Å². The number of carbonyl (C=O) groups is 1. The van der Waals surface area contributed by atoms with Crippen LogP contribution in [0.3, 0.4) is 0 Å². The molecule has 6 nitrogen and oxygen atoms in total. The second-order valence-electron chi connectivity index (χ2n) is 4.69. The SMILES string of the molecule is Nc1c(CCCCOC(=O)c2ccccc2)n[nH]c(=O)c1Cl. The average Bonchev–Trinajstić information content (AvgIpc) is 2.55. The number of aromatic amines is 1. The fraction of sp³-hybridized carbons (Fsp3) is 0.267. The van der Waals surface area contributed by atoms with E-state index in [0.29, 0.717) is 37.1 Å². The highest BCUT2D eigenvalue weighted by atomic mass is 35.5. The molecule has 0 atom stereocenters. The summed E-state index contributed by atoms with van der Waals surface area (Å²) < 4.78 is 5.16. The number of unbranched alkanes of at least 4 members (excludes halogenated alkanes) is 1. The molecule has 0 aliphatic carbocycles. The van der Waals surface area contributed by atoms with Gasteiger partial charge in [-0.25, -0.2) is 9.89 Å². The van der Waals surface area contributed by atoms with Gasteiger partial charge in [0.15, 0.2) is 0 Å². The quantitative estimate of drug-likeness (QED) is 0.627. The molecule has 1 aromatic heterocycles. The molecular formula is C15H16ClN3O3. The number of benzene rings is 1. The van der Waals surface area contributed by atoms with Crippen molar-refractivity contribution in [1.29, 1.82) is 0 Å². The van der Waals surface area contributed by atoms with Crippen molar-refractivity contribution in [3.63, 3.8) is 0 Å². The number of ether oxygens (including phenoxy) is 1. The number of nitrogens with two attached hydrogens (primary N) is 1. The minimum atomic E-state index is -0.500. The zero-order valence-electron chi connectivity index (χ0n) is 11.8. The molecule has 0 saturated carbocycles. The van der Waals surface area contributed by atoms with Crippen molar-refractivity contribution in [2.75, 3.05) is 12.3 Å². The molecule has 22 heavy (non-hydrogen) atoms. The van der Waals surface area contributed by atoms with E-state index in [2.05, 4.69) is 10.2 Å². The third kappa shape index (κ3) is 4.08. The first kappa shape index (κ1) is 16.0.